The minimum Gasteiger partial charge on any atom is -0.467 e. The number of hydrogen-bond donors (Lipinski definition) is 0. The van der Waals surface area contributed by atoms with Crippen molar-refractivity contribution in [2.45, 2.75) is 12.2 Å². The number of methoxy groups -OCH3 is 5. The molecule has 0 bridgehead atoms. The van der Waals surface area contributed by atoms with Gasteiger partial charge >= 0.3 is 0 Å². The van der Waals surface area contributed by atoms with Crippen molar-refractivity contribution in [2.24, 2.45) is 0 Å². The van der Waals surface area contributed by atoms with Crippen molar-refractivity contribution in [3.8, 4) is 28.7 Å². The van der Waals surface area contributed by atoms with Crippen LogP contribution < -0.4 is 23.7 Å². The zero-order valence-corrected chi connectivity index (χ0v) is 21.5. The zero-order valence-electron chi connectivity index (χ0n) is 21.5. The molecule has 0 radical (unpaired) electrons. The highest BCUT2D eigenvalue weighted by Gasteiger charge is 2.46. The number of aldehydes is 1. The molecule has 0 aliphatic carbocycles. The monoisotopic (exact) mass is 524 g/mol. The molecule has 0 spiro atoms. The molecule has 1 fully saturated rings. The van der Waals surface area contributed by atoms with E-state index in [0.29, 0.717) is 29.1 Å². The lowest BCUT2D eigenvalue weighted by atomic mass is 9.99. The summed E-state index contributed by atoms with van der Waals surface area (Å²) >= 11 is 0. The second-order valence-corrected chi connectivity index (χ2v) is 7.58. The first-order valence-electron chi connectivity index (χ1n) is 11.2. The van der Waals surface area contributed by atoms with E-state index in [1.54, 1.807) is 18.2 Å². The molecule has 3 rings (SSSR count). The van der Waals surface area contributed by atoms with Gasteiger partial charge in [0.15, 0.2) is 51.7 Å². The van der Waals surface area contributed by atoms with Gasteiger partial charge in [0.05, 0.1) is 11.1 Å². The van der Waals surface area contributed by atoms with E-state index in [1.807, 2.05) is 6.07 Å². The van der Waals surface area contributed by atoms with E-state index >= 15 is 0 Å². The van der Waals surface area contributed by atoms with Gasteiger partial charge in [-0.1, -0.05) is 6.07 Å². The Bertz CT molecular complexity index is 1010. The maximum Gasteiger partial charge on any atom is 0.188 e. The predicted octanol–water partition coefficient (Wildman–Crippen LogP) is 3.23. The highest BCUT2D eigenvalue weighted by molar-refractivity contribution is 5.86. The summed E-state index contributed by atoms with van der Waals surface area (Å²) in [6.45, 7) is -0.186. The Morgan fingerprint density at radius 3 is 1.78 bits per heavy atom. The minimum absolute atomic E-state index is 0.0252. The second kappa shape index (κ2) is 14.6. The molecule has 12 heteroatoms. The molecule has 1 heterocycles. The van der Waals surface area contributed by atoms with Gasteiger partial charge in [-0.2, -0.15) is 0 Å². The fourth-order valence-corrected chi connectivity index (χ4v) is 3.55. The third-order valence-corrected chi connectivity index (χ3v) is 5.12. The van der Waals surface area contributed by atoms with Gasteiger partial charge in [0, 0.05) is 41.6 Å². The summed E-state index contributed by atoms with van der Waals surface area (Å²) in [5.74, 6) is 1.71. The molecule has 1 aliphatic rings. The van der Waals surface area contributed by atoms with Gasteiger partial charge < -0.3 is 52.1 Å². The average molecular weight is 525 g/mol. The molecule has 0 aromatic heterocycles. The third kappa shape index (κ3) is 7.22. The van der Waals surface area contributed by atoms with Crippen LogP contribution in [0.1, 0.15) is 33.7 Å². The lowest BCUT2D eigenvalue weighted by Crippen LogP contribution is -2.11. The van der Waals surface area contributed by atoms with Gasteiger partial charge in [0.1, 0.15) is 29.5 Å². The van der Waals surface area contributed by atoms with Crippen LogP contribution in [-0.2, 0) is 28.4 Å². The van der Waals surface area contributed by atoms with Crippen LogP contribution in [0.4, 0.5) is 0 Å². The third-order valence-electron chi connectivity index (χ3n) is 5.12. The molecule has 1 aliphatic heterocycles. The van der Waals surface area contributed by atoms with E-state index in [9.17, 15) is 4.79 Å². The van der Waals surface area contributed by atoms with Crippen LogP contribution in [0.5, 0.6) is 28.7 Å². The van der Waals surface area contributed by atoms with Crippen molar-refractivity contribution in [2.75, 3.05) is 69.5 Å². The maximum atomic E-state index is 12.1. The summed E-state index contributed by atoms with van der Waals surface area (Å²) < 4.78 is 59.7. The Balaban J connectivity index is 2.01. The molecule has 12 nitrogen and oxygen atoms in total. The SMILES string of the molecule is COCOc1ccc(C2OC2c2c(OCOC)cc(OCOC)c(C=O)c2OCOC)cc1OCOC. The van der Waals surface area contributed by atoms with Gasteiger partial charge in [-0.25, -0.2) is 0 Å². The van der Waals surface area contributed by atoms with E-state index in [1.165, 1.54) is 35.5 Å². The molecule has 2 unspecified atom stereocenters. The van der Waals surface area contributed by atoms with Crippen LogP contribution in [0.15, 0.2) is 24.3 Å². The van der Waals surface area contributed by atoms with Crippen LogP contribution in [0, 0.1) is 0 Å². The summed E-state index contributed by atoms with van der Waals surface area (Å²) in [6, 6.07) is 6.96. The van der Waals surface area contributed by atoms with Crippen molar-refractivity contribution in [1.29, 1.82) is 0 Å². The van der Waals surface area contributed by atoms with E-state index in [-0.39, 0.29) is 51.0 Å². The lowest BCUT2D eigenvalue weighted by molar-refractivity contribution is 0.0322. The first-order valence-corrected chi connectivity index (χ1v) is 11.2. The smallest absolute Gasteiger partial charge is 0.188 e. The Labute approximate surface area is 215 Å². The molecule has 204 valence electrons. The zero-order chi connectivity index (χ0) is 26.6. The Kier molecular flexibility index (Phi) is 11.2. The van der Waals surface area contributed by atoms with E-state index < -0.39 is 12.2 Å². The van der Waals surface area contributed by atoms with E-state index in [4.69, 9.17) is 52.1 Å². The normalized spacial score (nSPS) is 16.2. The summed E-state index contributed by atoms with van der Waals surface area (Å²) in [6.07, 6.45) is -0.286. The number of carbonyl (C=O) groups is 1. The molecule has 0 saturated carbocycles. The fraction of sp³-hybridized carbons (Fsp3) is 0.480. The molecule has 0 amide bonds. The first kappa shape index (κ1) is 28.4. The van der Waals surface area contributed by atoms with Gasteiger partial charge in [0.2, 0.25) is 0 Å². The Morgan fingerprint density at radius 1 is 0.649 bits per heavy atom. The van der Waals surface area contributed by atoms with Gasteiger partial charge in [0.25, 0.3) is 0 Å². The summed E-state index contributed by atoms with van der Waals surface area (Å²) in [7, 11) is 7.48. The van der Waals surface area contributed by atoms with E-state index in [2.05, 4.69) is 0 Å². The number of benzene rings is 2. The average Bonchev–Trinajstić information content (AvgIpc) is 3.71. The lowest BCUT2D eigenvalue weighted by Gasteiger charge is -2.19. The molecule has 0 N–H and O–H groups in total. The maximum absolute atomic E-state index is 12.1. The fourth-order valence-electron chi connectivity index (χ4n) is 3.55. The summed E-state index contributed by atoms with van der Waals surface area (Å²) in [5.41, 5.74) is 1.46. The van der Waals surface area contributed by atoms with Crippen molar-refractivity contribution in [1.82, 2.24) is 0 Å². The molecule has 37 heavy (non-hydrogen) atoms. The summed E-state index contributed by atoms with van der Waals surface area (Å²) in [4.78, 5) is 12.1. The van der Waals surface area contributed by atoms with Crippen LogP contribution >= 0.6 is 0 Å². The van der Waals surface area contributed by atoms with Crippen molar-refractivity contribution < 1.29 is 56.9 Å². The molecule has 2 aromatic carbocycles. The molecule has 2 aromatic rings. The van der Waals surface area contributed by atoms with Crippen LogP contribution in [0.2, 0.25) is 0 Å². The highest BCUT2D eigenvalue weighted by atomic mass is 16.7. The number of hydrogen-bond acceptors (Lipinski definition) is 12. The number of epoxide rings is 1. The quantitative estimate of drug-likeness (QED) is 0.162. The van der Waals surface area contributed by atoms with Crippen LogP contribution in [0.3, 0.4) is 0 Å². The standard InChI is InChI=1S/C25H32O12/c1-27-11-32-18-7-6-16(8-20(18)34-13-29-3)23-25(37-23)22-21(35-14-30-4)9-19(33-12-28-2)17(10-26)24(22)36-15-31-5/h6-10,23,25H,11-15H2,1-5H3. The second-order valence-electron chi connectivity index (χ2n) is 7.58. The molecular weight excluding hydrogens is 492 g/mol. The van der Waals surface area contributed by atoms with Gasteiger partial charge in [-0.15, -0.1) is 0 Å². The van der Waals surface area contributed by atoms with Crippen molar-refractivity contribution in [3.63, 3.8) is 0 Å². The molecular formula is C25H32O12. The van der Waals surface area contributed by atoms with Crippen molar-refractivity contribution >= 4 is 6.29 Å². The van der Waals surface area contributed by atoms with Crippen molar-refractivity contribution in [3.05, 3.63) is 41.0 Å². The first-order chi connectivity index (χ1) is 18.1. The van der Waals surface area contributed by atoms with Crippen LogP contribution in [0.25, 0.3) is 0 Å². The highest BCUT2D eigenvalue weighted by Crippen LogP contribution is 2.58. The Hall–Kier alpha value is -3.13. The van der Waals surface area contributed by atoms with Crippen LogP contribution in [-0.4, -0.2) is 75.8 Å². The topological polar surface area (TPSA) is 122 Å². The summed E-state index contributed by atoms with van der Waals surface area (Å²) in [5, 5.41) is 0. The number of carbonyl (C=O) groups excluding carboxylic acids is 1. The van der Waals surface area contributed by atoms with E-state index in [0.717, 1.165) is 5.56 Å². The number of ether oxygens (including phenoxy) is 11. The molecule has 1 saturated heterocycles. The predicted molar refractivity (Wildman–Crippen MR) is 127 cm³/mol. The van der Waals surface area contributed by atoms with Gasteiger partial charge in [-0.05, 0) is 17.7 Å². The minimum atomic E-state index is -0.519. The van der Waals surface area contributed by atoms with Gasteiger partial charge in [-0.3, -0.25) is 4.79 Å². The molecule has 2 atom stereocenters. The number of rotatable bonds is 18. The Morgan fingerprint density at radius 2 is 1.19 bits per heavy atom. The largest absolute Gasteiger partial charge is 0.467 e.